The van der Waals surface area contributed by atoms with Gasteiger partial charge < -0.3 is 10.5 Å². The van der Waals surface area contributed by atoms with Crippen molar-refractivity contribution in [1.29, 1.82) is 0 Å². The number of pyridine rings is 1. The maximum Gasteiger partial charge on any atom is 0.212 e. The molecule has 96 valence electrons. The van der Waals surface area contributed by atoms with Crippen molar-refractivity contribution in [1.82, 2.24) is 15.0 Å². The van der Waals surface area contributed by atoms with Gasteiger partial charge in [0, 0.05) is 18.7 Å². The van der Waals surface area contributed by atoms with E-state index in [0.717, 1.165) is 15.8 Å². The predicted molar refractivity (Wildman–Crippen MR) is 75.4 cm³/mol. The first-order chi connectivity index (χ1) is 9.26. The van der Waals surface area contributed by atoms with Crippen LogP contribution < -0.4 is 10.5 Å². The molecule has 0 aliphatic carbocycles. The summed E-state index contributed by atoms with van der Waals surface area (Å²) < 4.78 is 5.03. The number of fused-ring (bicyclic) bond motifs is 1. The summed E-state index contributed by atoms with van der Waals surface area (Å²) in [6, 6.07) is 5.71. The Kier molecular flexibility index (Phi) is 3.00. The van der Waals surface area contributed by atoms with E-state index < -0.39 is 0 Å². The number of ether oxygens (including phenoxy) is 1. The lowest BCUT2D eigenvalue weighted by Gasteiger charge is -2.03. The highest BCUT2D eigenvalue weighted by Crippen LogP contribution is 2.23. The lowest BCUT2D eigenvalue weighted by atomic mass is 10.2. The van der Waals surface area contributed by atoms with Crippen LogP contribution in [0.1, 0.15) is 11.4 Å². The van der Waals surface area contributed by atoms with Gasteiger partial charge in [-0.05, 0) is 17.0 Å². The van der Waals surface area contributed by atoms with E-state index in [4.69, 9.17) is 10.5 Å². The Balaban J connectivity index is 1.91. The van der Waals surface area contributed by atoms with Crippen molar-refractivity contribution in [3.05, 3.63) is 41.2 Å². The fraction of sp³-hybridized carbons (Fsp3) is 0.154. The third kappa shape index (κ3) is 2.34. The highest BCUT2D eigenvalue weighted by molar-refractivity contribution is 7.16. The number of nitrogens with zero attached hydrogens (tertiary/aromatic N) is 3. The molecule has 0 fully saturated rings. The molecule has 0 amide bonds. The Labute approximate surface area is 114 Å². The number of nitrogens with two attached hydrogens (primary N) is 1. The fourth-order valence-electron chi connectivity index (χ4n) is 1.82. The molecule has 0 unspecified atom stereocenters. The lowest BCUT2D eigenvalue weighted by molar-refractivity contribution is 0.397. The van der Waals surface area contributed by atoms with E-state index in [0.29, 0.717) is 23.9 Å². The quantitative estimate of drug-likeness (QED) is 0.791. The van der Waals surface area contributed by atoms with Crippen LogP contribution >= 0.6 is 11.3 Å². The van der Waals surface area contributed by atoms with Crippen LogP contribution in [0, 0.1) is 0 Å². The van der Waals surface area contributed by atoms with Gasteiger partial charge >= 0.3 is 0 Å². The zero-order chi connectivity index (χ0) is 13.2. The van der Waals surface area contributed by atoms with Gasteiger partial charge in [-0.1, -0.05) is 6.07 Å². The van der Waals surface area contributed by atoms with Crippen molar-refractivity contribution in [3.8, 4) is 5.88 Å². The van der Waals surface area contributed by atoms with E-state index in [9.17, 15) is 0 Å². The van der Waals surface area contributed by atoms with Gasteiger partial charge in [-0.15, -0.1) is 11.3 Å². The highest BCUT2D eigenvalue weighted by Gasteiger charge is 2.07. The summed E-state index contributed by atoms with van der Waals surface area (Å²) in [6.45, 7) is 0. The first-order valence-electron chi connectivity index (χ1n) is 5.75. The Morgan fingerprint density at radius 1 is 1.26 bits per heavy atom. The van der Waals surface area contributed by atoms with Crippen LogP contribution in [-0.4, -0.2) is 22.1 Å². The van der Waals surface area contributed by atoms with Crippen LogP contribution in [0.5, 0.6) is 5.88 Å². The Morgan fingerprint density at radius 2 is 2.16 bits per heavy atom. The smallest absolute Gasteiger partial charge is 0.212 e. The van der Waals surface area contributed by atoms with Crippen LogP contribution in [-0.2, 0) is 6.42 Å². The molecule has 0 spiro atoms. The number of hydrogen-bond acceptors (Lipinski definition) is 6. The molecule has 3 aromatic heterocycles. The van der Waals surface area contributed by atoms with Crippen LogP contribution in [0.3, 0.4) is 0 Å². The van der Waals surface area contributed by atoms with Crippen LogP contribution in [0.4, 0.5) is 5.82 Å². The number of methoxy groups -OCH3 is 1. The van der Waals surface area contributed by atoms with E-state index in [1.54, 1.807) is 24.6 Å². The minimum Gasteiger partial charge on any atom is -0.481 e. The van der Waals surface area contributed by atoms with Crippen LogP contribution in [0.2, 0.25) is 0 Å². The molecule has 0 aliphatic heterocycles. The third-order valence-electron chi connectivity index (χ3n) is 2.77. The van der Waals surface area contributed by atoms with Gasteiger partial charge in [0.2, 0.25) is 5.88 Å². The number of hydrogen-bond donors (Lipinski definition) is 1. The summed E-state index contributed by atoms with van der Waals surface area (Å²) in [7, 11) is 1.59. The highest BCUT2D eigenvalue weighted by atomic mass is 32.1. The molecule has 3 aromatic rings. The van der Waals surface area contributed by atoms with E-state index in [1.807, 2.05) is 23.6 Å². The van der Waals surface area contributed by atoms with E-state index in [-0.39, 0.29) is 0 Å². The summed E-state index contributed by atoms with van der Waals surface area (Å²) in [5.41, 5.74) is 6.94. The first-order valence-corrected chi connectivity index (χ1v) is 6.63. The normalized spacial score (nSPS) is 10.8. The van der Waals surface area contributed by atoms with Crippen molar-refractivity contribution in [3.63, 3.8) is 0 Å². The van der Waals surface area contributed by atoms with Gasteiger partial charge in [-0.3, -0.25) is 0 Å². The molecule has 0 saturated heterocycles. The number of anilines is 1. The summed E-state index contributed by atoms with van der Waals surface area (Å²) in [5, 5.41) is 2.88. The van der Waals surface area contributed by atoms with Gasteiger partial charge in [0.25, 0.3) is 0 Å². The van der Waals surface area contributed by atoms with Crippen molar-refractivity contribution in [2.75, 3.05) is 12.8 Å². The number of aromatic nitrogens is 3. The molecule has 3 heterocycles. The second-order valence-electron chi connectivity index (χ2n) is 4.05. The van der Waals surface area contributed by atoms with E-state index in [2.05, 4.69) is 15.0 Å². The number of thiophene rings is 1. The molecule has 0 aliphatic rings. The molecule has 0 aromatic carbocycles. The van der Waals surface area contributed by atoms with Crippen molar-refractivity contribution in [2.45, 2.75) is 6.42 Å². The zero-order valence-electron chi connectivity index (χ0n) is 10.3. The molecular weight excluding hydrogens is 260 g/mol. The first kappa shape index (κ1) is 11.9. The zero-order valence-corrected chi connectivity index (χ0v) is 11.1. The molecular formula is C13H12N4OS. The maximum absolute atomic E-state index is 5.92. The van der Waals surface area contributed by atoms with Gasteiger partial charge in [-0.25, -0.2) is 15.0 Å². The molecule has 0 radical (unpaired) electrons. The summed E-state index contributed by atoms with van der Waals surface area (Å²) in [4.78, 5) is 13.9. The van der Waals surface area contributed by atoms with Gasteiger partial charge in [0.05, 0.1) is 12.5 Å². The average molecular weight is 272 g/mol. The molecule has 0 bridgehead atoms. The largest absolute Gasteiger partial charge is 0.481 e. The summed E-state index contributed by atoms with van der Waals surface area (Å²) in [5.74, 6) is 1.83. The number of rotatable bonds is 3. The monoisotopic (exact) mass is 272 g/mol. The van der Waals surface area contributed by atoms with Gasteiger partial charge in [0.15, 0.2) is 0 Å². The van der Waals surface area contributed by atoms with Crippen LogP contribution in [0.25, 0.3) is 10.2 Å². The third-order valence-corrected chi connectivity index (χ3v) is 3.58. The SMILES string of the molecule is COc1ccc(Cc2nc(N)c3ccsc3n2)cn1. The average Bonchev–Trinajstić information content (AvgIpc) is 2.88. The van der Waals surface area contributed by atoms with Crippen LogP contribution in [0.15, 0.2) is 29.8 Å². The minimum atomic E-state index is 0.530. The standard InChI is InChI=1S/C13H12N4OS/c1-18-11-3-2-8(7-15-11)6-10-16-12(14)9-4-5-19-13(9)17-10/h2-5,7H,6H2,1H3,(H2,14,16,17). The van der Waals surface area contributed by atoms with Gasteiger partial charge in [-0.2, -0.15) is 0 Å². The summed E-state index contributed by atoms with van der Waals surface area (Å²) >= 11 is 1.57. The topological polar surface area (TPSA) is 73.9 Å². The fourth-order valence-corrected chi connectivity index (χ4v) is 2.61. The van der Waals surface area contributed by atoms with E-state index >= 15 is 0 Å². The summed E-state index contributed by atoms with van der Waals surface area (Å²) in [6.07, 6.45) is 2.37. The molecule has 0 saturated carbocycles. The number of nitrogen functional groups attached to an aromatic ring is 1. The Hall–Kier alpha value is -2.21. The maximum atomic E-state index is 5.92. The molecule has 3 rings (SSSR count). The molecule has 0 atom stereocenters. The molecule has 5 nitrogen and oxygen atoms in total. The van der Waals surface area contributed by atoms with Gasteiger partial charge in [0.1, 0.15) is 16.5 Å². The molecule has 6 heteroatoms. The Bertz CT molecular complexity index is 708. The molecule has 19 heavy (non-hydrogen) atoms. The minimum absolute atomic E-state index is 0.530. The van der Waals surface area contributed by atoms with Crippen molar-refractivity contribution in [2.24, 2.45) is 0 Å². The molecule has 2 N–H and O–H groups in total. The lowest BCUT2D eigenvalue weighted by Crippen LogP contribution is -2.01. The predicted octanol–water partition coefficient (Wildman–Crippen LogP) is 2.27. The van der Waals surface area contributed by atoms with Crippen molar-refractivity contribution >= 4 is 27.4 Å². The van der Waals surface area contributed by atoms with Crippen molar-refractivity contribution < 1.29 is 4.74 Å². The van der Waals surface area contributed by atoms with E-state index in [1.165, 1.54) is 0 Å². The Morgan fingerprint density at radius 3 is 2.89 bits per heavy atom. The second kappa shape index (κ2) is 4.81. The second-order valence-corrected chi connectivity index (χ2v) is 4.94.